The van der Waals surface area contributed by atoms with Crippen LogP contribution >= 0.6 is 0 Å². The van der Waals surface area contributed by atoms with Gasteiger partial charge >= 0.3 is 6.11 Å². The van der Waals surface area contributed by atoms with Crippen molar-refractivity contribution in [3.63, 3.8) is 0 Å². The van der Waals surface area contributed by atoms with E-state index in [1.807, 2.05) is 6.92 Å². The van der Waals surface area contributed by atoms with Crippen molar-refractivity contribution < 1.29 is 22.6 Å². The van der Waals surface area contributed by atoms with Crippen LogP contribution in [0, 0.1) is 17.7 Å². The lowest BCUT2D eigenvalue weighted by Gasteiger charge is -2.34. The Morgan fingerprint density at radius 1 is 0.938 bits per heavy atom. The Bertz CT molecular complexity index is 752. The zero-order valence-electron chi connectivity index (χ0n) is 19.7. The molecule has 1 heterocycles. The summed E-state index contributed by atoms with van der Waals surface area (Å²) in [4.78, 5) is 0. The molecular weight excluding hydrogens is 413 g/mol. The van der Waals surface area contributed by atoms with E-state index in [0.717, 1.165) is 38.5 Å². The molecule has 0 unspecified atom stereocenters. The van der Waals surface area contributed by atoms with Crippen LogP contribution in [0.3, 0.4) is 0 Å². The summed E-state index contributed by atoms with van der Waals surface area (Å²) >= 11 is 0. The van der Waals surface area contributed by atoms with E-state index in [2.05, 4.69) is 6.92 Å². The van der Waals surface area contributed by atoms with Gasteiger partial charge in [0, 0.05) is 5.92 Å². The molecular formula is C27H39F3O2. The lowest BCUT2D eigenvalue weighted by molar-refractivity contribution is -0.233. The Hall–Kier alpha value is -1.65. The normalized spacial score (nSPS) is 22.1. The van der Waals surface area contributed by atoms with Crippen molar-refractivity contribution in [2.24, 2.45) is 11.8 Å². The van der Waals surface area contributed by atoms with Crippen molar-refractivity contribution in [1.82, 2.24) is 0 Å². The molecule has 1 fully saturated rings. The molecule has 2 aliphatic rings. The highest BCUT2D eigenvalue weighted by Gasteiger charge is 2.45. The Kier molecular flexibility index (Phi) is 9.36. The molecule has 1 aromatic rings. The number of ether oxygens (including phenoxy) is 2. The van der Waals surface area contributed by atoms with E-state index in [1.165, 1.54) is 57.1 Å². The molecule has 0 radical (unpaired) electrons. The van der Waals surface area contributed by atoms with Crippen LogP contribution in [0.4, 0.5) is 13.2 Å². The zero-order chi connectivity index (χ0) is 23.0. The molecule has 0 bridgehead atoms. The highest BCUT2D eigenvalue weighted by Crippen LogP contribution is 2.47. The highest BCUT2D eigenvalue weighted by molar-refractivity contribution is 5.61. The van der Waals surface area contributed by atoms with Crippen LogP contribution in [-0.4, -0.2) is 6.61 Å². The van der Waals surface area contributed by atoms with Crippen LogP contribution in [0.5, 0.6) is 5.75 Å². The summed E-state index contributed by atoms with van der Waals surface area (Å²) in [6, 6.07) is 2.98. The fourth-order valence-electron chi connectivity index (χ4n) is 4.96. The maximum Gasteiger partial charge on any atom is 0.430 e. The third-order valence-corrected chi connectivity index (χ3v) is 6.94. The molecule has 0 atom stereocenters. The topological polar surface area (TPSA) is 18.5 Å². The molecule has 0 amide bonds. The second-order valence-corrected chi connectivity index (χ2v) is 9.48. The van der Waals surface area contributed by atoms with Crippen molar-refractivity contribution in [1.29, 1.82) is 0 Å². The summed E-state index contributed by atoms with van der Waals surface area (Å²) in [5, 5.41) is 0. The van der Waals surface area contributed by atoms with Gasteiger partial charge in [0.25, 0.3) is 0 Å². The molecule has 1 aliphatic carbocycles. The average Bonchev–Trinajstić information content (AvgIpc) is 2.77. The van der Waals surface area contributed by atoms with E-state index in [1.54, 1.807) is 6.08 Å². The van der Waals surface area contributed by atoms with Gasteiger partial charge in [-0.2, -0.15) is 8.78 Å². The van der Waals surface area contributed by atoms with Gasteiger partial charge in [-0.3, -0.25) is 0 Å². The minimum absolute atomic E-state index is 0.0154. The fraction of sp³-hybridized carbons (Fsp3) is 0.704. The van der Waals surface area contributed by atoms with Gasteiger partial charge < -0.3 is 9.47 Å². The molecule has 0 aromatic heterocycles. The van der Waals surface area contributed by atoms with Crippen LogP contribution in [0.2, 0.25) is 0 Å². The second-order valence-electron chi connectivity index (χ2n) is 9.48. The molecule has 1 saturated carbocycles. The zero-order valence-corrected chi connectivity index (χ0v) is 19.7. The quantitative estimate of drug-likeness (QED) is 0.295. The predicted octanol–water partition coefficient (Wildman–Crippen LogP) is 8.98. The standard InChI is InChI=1S/C27H39F3O2/c1-3-5-7-8-9-10-11-20-12-14-21(15-13-20)24-19-22-16-17-23(31-18-6-4-2)26(28)25(22)27(29,30)32-24/h16-17,19-21H,3-15,18H2,1-2H3. The van der Waals surface area contributed by atoms with Crippen LogP contribution in [0.15, 0.2) is 17.9 Å². The number of benzene rings is 1. The maximum absolute atomic E-state index is 14.8. The van der Waals surface area contributed by atoms with E-state index in [-0.39, 0.29) is 17.2 Å². The number of halogens is 3. The van der Waals surface area contributed by atoms with Crippen molar-refractivity contribution in [2.45, 2.75) is 103 Å². The lowest BCUT2D eigenvalue weighted by atomic mass is 9.78. The molecule has 2 nitrogen and oxygen atoms in total. The van der Waals surface area contributed by atoms with Gasteiger partial charge in [0.05, 0.1) is 6.61 Å². The van der Waals surface area contributed by atoms with E-state index in [9.17, 15) is 13.2 Å². The minimum Gasteiger partial charge on any atom is -0.491 e. The SMILES string of the molecule is CCCCCCCCC1CCC(C2=Cc3ccc(OCCCC)c(F)c3C(F)(F)O2)CC1. The summed E-state index contributed by atoms with van der Waals surface area (Å²) in [7, 11) is 0. The first-order chi connectivity index (χ1) is 15.5. The number of unbranched alkanes of at least 4 members (excludes halogenated alkanes) is 6. The fourth-order valence-corrected chi connectivity index (χ4v) is 4.96. The van der Waals surface area contributed by atoms with Crippen LogP contribution in [-0.2, 0) is 10.8 Å². The number of hydrogen-bond acceptors (Lipinski definition) is 2. The van der Waals surface area contributed by atoms with E-state index >= 15 is 0 Å². The van der Waals surface area contributed by atoms with E-state index in [4.69, 9.17) is 9.47 Å². The van der Waals surface area contributed by atoms with Crippen LogP contribution in [0.1, 0.15) is 108 Å². The summed E-state index contributed by atoms with van der Waals surface area (Å²) in [5.41, 5.74) is -0.502. The maximum atomic E-state index is 14.8. The summed E-state index contributed by atoms with van der Waals surface area (Å²) in [6.45, 7) is 4.53. The smallest absolute Gasteiger partial charge is 0.430 e. The Labute approximate surface area is 191 Å². The highest BCUT2D eigenvalue weighted by atomic mass is 19.3. The molecule has 1 aliphatic heterocycles. The predicted molar refractivity (Wildman–Crippen MR) is 123 cm³/mol. The van der Waals surface area contributed by atoms with Gasteiger partial charge in [-0.25, -0.2) is 4.39 Å². The first-order valence-corrected chi connectivity index (χ1v) is 12.7. The molecule has 180 valence electrons. The van der Waals surface area contributed by atoms with Crippen LogP contribution < -0.4 is 4.74 Å². The summed E-state index contributed by atoms with van der Waals surface area (Å²) in [5.74, 6) is -0.165. The van der Waals surface area contributed by atoms with E-state index in [0.29, 0.717) is 18.3 Å². The first kappa shape index (κ1) is 25.0. The van der Waals surface area contributed by atoms with Crippen molar-refractivity contribution in [3.05, 3.63) is 34.8 Å². The summed E-state index contributed by atoms with van der Waals surface area (Å²) in [6.07, 6.45) is 12.4. The molecule has 3 rings (SSSR count). The molecule has 0 saturated heterocycles. The van der Waals surface area contributed by atoms with Gasteiger partial charge in [0.15, 0.2) is 11.6 Å². The van der Waals surface area contributed by atoms with Gasteiger partial charge in [-0.05, 0) is 55.7 Å². The molecule has 0 N–H and O–H groups in total. The average molecular weight is 453 g/mol. The van der Waals surface area contributed by atoms with Gasteiger partial charge in [0.2, 0.25) is 0 Å². The molecule has 32 heavy (non-hydrogen) atoms. The molecule has 5 heteroatoms. The number of hydrogen-bond donors (Lipinski definition) is 0. The summed E-state index contributed by atoms with van der Waals surface area (Å²) < 4.78 is 55.0. The largest absolute Gasteiger partial charge is 0.491 e. The van der Waals surface area contributed by atoms with Gasteiger partial charge in [-0.15, -0.1) is 0 Å². The second kappa shape index (κ2) is 12.0. The monoisotopic (exact) mass is 452 g/mol. The van der Waals surface area contributed by atoms with Crippen molar-refractivity contribution in [3.8, 4) is 5.75 Å². The Morgan fingerprint density at radius 2 is 1.62 bits per heavy atom. The number of alkyl halides is 2. The third kappa shape index (κ3) is 6.45. The Morgan fingerprint density at radius 3 is 2.34 bits per heavy atom. The molecule has 0 spiro atoms. The van der Waals surface area contributed by atoms with Crippen molar-refractivity contribution >= 4 is 6.08 Å². The number of fused-ring (bicyclic) bond motifs is 1. The third-order valence-electron chi connectivity index (χ3n) is 6.94. The molecule has 1 aromatic carbocycles. The first-order valence-electron chi connectivity index (χ1n) is 12.7. The number of rotatable bonds is 12. The Balaban J connectivity index is 1.57. The van der Waals surface area contributed by atoms with Crippen LogP contribution in [0.25, 0.3) is 6.08 Å². The van der Waals surface area contributed by atoms with E-state index < -0.39 is 17.5 Å². The van der Waals surface area contributed by atoms with Gasteiger partial charge in [0.1, 0.15) is 11.3 Å². The van der Waals surface area contributed by atoms with Gasteiger partial charge in [-0.1, -0.05) is 71.3 Å². The van der Waals surface area contributed by atoms with Crippen molar-refractivity contribution in [2.75, 3.05) is 6.61 Å². The number of allylic oxidation sites excluding steroid dienone is 1. The minimum atomic E-state index is -3.68. The lowest BCUT2D eigenvalue weighted by Crippen LogP contribution is -2.28.